The van der Waals surface area contributed by atoms with Crippen LogP contribution in [0.25, 0.3) is 0 Å². The Morgan fingerprint density at radius 1 is 1.21 bits per heavy atom. The van der Waals surface area contributed by atoms with E-state index in [1.165, 1.54) is 5.56 Å². The maximum Gasteiger partial charge on any atom is 0.303 e. The summed E-state index contributed by atoms with van der Waals surface area (Å²) in [6, 6.07) is 10.2. The summed E-state index contributed by atoms with van der Waals surface area (Å²) in [6.45, 7) is 2.12. The van der Waals surface area contributed by atoms with Crippen LogP contribution in [0.5, 0.6) is 0 Å². The highest BCUT2D eigenvalue weighted by atomic mass is 16.5. The average Bonchev–Trinajstić information content (AvgIpc) is 3.32. The predicted molar refractivity (Wildman–Crippen MR) is 115 cm³/mol. The van der Waals surface area contributed by atoms with E-state index in [1.54, 1.807) is 0 Å². The molecule has 2 aliphatic heterocycles. The molecule has 2 aliphatic rings. The molecule has 4 heteroatoms. The highest BCUT2D eigenvalue weighted by Gasteiger charge is 2.46. The van der Waals surface area contributed by atoms with Gasteiger partial charge in [0.05, 0.1) is 18.3 Å². The number of allylic oxidation sites excluding steroid dienone is 2. The Labute approximate surface area is 174 Å². The number of carboxylic acids is 1. The molecule has 2 N–H and O–H groups in total. The molecule has 158 valence electrons. The van der Waals surface area contributed by atoms with Crippen LogP contribution in [0.1, 0.15) is 63.4 Å². The van der Waals surface area contributed by atoms with Gasteiger partial charge in [-0.2, -0.15) is 0 Å². The molecule has 2 fully saturated rings. The summed E-state index contributed by atoms with van der Waals surface area (Å²) >= 11 is 0. The van der Waals surface area contributed by atoms with Gasteiger partial charge in [0, 0.05) is 18.3 Å². The third-order valence-electron chi connectivity index (χ3n) is 6.43. The van der Waals surface area contributed by atoms with Crippen molar-refractivity contribution >= 4 is 5.97 Å². The number of ether oxygens (including phenoxy) is 1. The zero-order valence-electron chi connectivity index (χ0n) is 17.3. The minimum absolute atomic E-state index is 0.111. The number of benzene rings is 1. The number of rotatable bonds is 11. The maximum absolute atomic E-state index is 10.8. The summed E-state index contributed by atoms with van der Waals surface area (Å²) < 4.78 is 6.17. The molecule has 4 nitrogen and oxygen atoms in total. The van der Waals surface area contributed by atoms with Crippen LogP contribution in [0.2, 0.25) is 0 Å². The van der Waals surface area contributed by atoms with E-state index in [1.807, 2.05) is 24.3 Å². The van der Waals surface area contributed by atoms with E-state index in [9.17, 15) is 9.90 Å². The number of aliphatic hydroxyl groups excluding tert-OH is 1. The number of aliphatic carboxylic acids is 1. The number of aliphatic hydroxyl groups is 1. The first-order valence-electron chi connectivity index (χ1n) is 11.0. The van der Waals surface area contributed by atoms with Gasteiger partial charge in [-0.1, -0.05) is 61.6 Å². The largest absolute Gasteiger partial charge is 0.481 e. The number of hydrogen-bond acceptors (Lipinski definition) is 3. The Morgan fingerprint density at radius 2 is 1.97 bits per heavy atom. The zero-order valence-corrected chi connectivity index (χ0v) is 17.3. The van der Waals surface area contributed by atoms with Crippen LogP contribution in [0.3, 0.4) is 0 Å². The van der Waals surface area contributed by atoms with Gasteiger partial charge in [-0.25, -0.2) is 0 Å². The normalized spacial score (nSPS) is 28.3. The van der Waals surface area contributed by atoms with Crippen LogP contribution < -0.4 is 0 Å². The van der Waals surface area contributed by atoms with Gasteiger partial charge in [-0.15, -0.1) is 0 Å². The highest BCUT2D eigenvalue weighted by Crippen LogP contribution is 2.46. The van der Waals surface area contributed by atoms with Gasteiger partial charge >= 0.3 is 5.97 Å². The smallest absolute Gasteiger partial charge is 0.303 e. The van der Waals surface area contributed by atoms with E-state index in [4.69, 9.17) is 9.84 Å². The van der Waals surface area contributed by atoms with E-state index >= 15 is 0 Å². The van der Waals surface area contributed by atoms with Crippen molar-refractivity contribution < 1.29 is 19.7 Å². The standard InChI is InChI=1S/C25H34O4/c1-2-19(18-10-6-5-7-11-18)22(26)15-14-21-20(23-16-17-24(21)29-23)12-8-3-4-9-13-25(27)28/h3,5-8,10-11,14-15,19-24,26H,2,4,9,12-13,16-17H2,1H3,(H,27,28)/b8-3-,15-14+/t19?,20-,21+,22?,23-,24+/m1/s1. The van der Waals surface area contributed by atoms with Crippen molar-refractivity contribution in [3.8, 4) is 0 Å². The van der Waals surface area contributed by atoms with Crippen LogP contribution in [0.15, 0.2) is 54.6 Å². The van der Waals surface area contributed by atoms with E-state index in [2.05, 4.69) is 37.3 Å². The van der Waals surface area contributed by atoms with Gasteiger partial charge in [0.1, 0.15) is 0 Å². The molecule has 2 bridgehead atoms. The summed E-state index contributed by atoms with van der Waals surface area (Å²) in [5.41, 5.74) is 1.18. The van der Waals surface area contributed by atoms with Crippen molar-refractivity contribution in [2.45, 2.75) is 76.1 Å². The van der Waals surface area contributed by atoms with Crippen molar-refractivity contribution in [3.05, 3.63) is 60.2 Å². The third-order valence-corrected chi connectivity index (χ3v) is 6.43. The fourth-order valence-corrected chi connectivity index (χ4v) is 4.88. The lowest BCUT2D eigenvalue weighted by atomic mass is 9.77. The topological polar surface area (TPSA) is 66.8 Å². The molecule has 29 heavy (non-hydrogen) atoms. The minimum Gasteiger partial charge on any atom is -0.481 e. The first-order valence-corrected chi connectivity index (χ1v) is 11.0. The summed E-state index contributed by atoms with van der Waals surface area (Å²) in [7, 11) is 0. The molecule has 2 unspecified atom stereocenters. The lowest BCUT2D eigenvalue weighted by Gasteiger charge is -2.26. The zero-order chi connectivity index (χ0) is 20.6. The minimum atomic E-state index is -0.732. The first-order chi connectivity index (χ1) is 14.1. The molecule has 6 atom stereocenters. The van der Waals surface area contributed by atoms with E-state index in [0.29, 0.717) is 24.4 Å². The quantitative estimate of drug-likeness (QED) is 0.402. The fourth-order valence-electron chi connectivity index (χ4n) is 4.88. The molecular weight excluding hydrogens is 364 g/mol. The number of hydrogen-bond donors (Lipinski definition) is 2. The molecule has 0 aromatic heterocycles. The molecule has 0 amide bonds. The van der Waals surface area contributed by atoms with Gasteiger partial charge in [0.25, 0.3) is 0 Å². The number of unbranched alkanes of at least 4 members (excludes halogenated alkanes) is 1. The molecular formula is C25H34O4. The van der Waals surface area contributed by atoms with Crippen LogP contribution in [0, 0.1) is 11.8 Å². The average molecular weight is 399 g/mol. The van der Waals surface area contributed by atoms with Crippen molar-refractivity contribution in [1.82, 2.24) is 0 Å². The Bertz CT molecular complexity index is 696. The maximum atomic E-state index is 10.8. The lowest BCUT2D eigenvalue weighted by Crippen LogP contribution is -2.26. The van der Waals surface area contributed by atoms with E-state index < -0.39 is 12.1 Å². The SMILES string of the molecule is CCC(c1ccccc1)C(O)/C=C/[C@H]1[C@@H](C/C=C\CCCC(=O)O)[C@H]2CC[C@@H]1O2. The van der Waals surface area contributed by atoms with Gasteiger partial charge in [0.15, 0.2) is 0 Å². The van der Waals surface area contributed by atoms with Crippen molar-refractivity contribution in [3.63, 3.8) is 0 Å². The van der Waals surface area contributed by atoms with E-state index in [-0.39, 0.29) is 18.4 Å². The monoisotopic (exact) mass is 398 g/mol. The molecule has 2 heterocycles. The van der Waals surface area contributed by atoms with Crippen LogP contribution in [-0.4, -0.2) is 34.5 Å². The molecule has 1 aromatic carbocycles. The third kappa shape index (κ3) is 5.80. The molecule has 2 saturated heterocycles. The second-order valence-corrected chi connectivity index (χ2v) is 8.33. The van der Waals surface area contributed by atoms with Gasteiger partial charge in [0.2, 0.25) is 0 Å². The van der Waals surface area contributed by atoms with Crippen LogP contribution in [0.4, 0.5) is 0 Å². The van der Waals surface area contributed by atoms with Crippen LogP contribution >= 0.6 is 0 Å². The molecule has 0 radical (unpaired) electrons. The lowest BCUT2D eigenvalue weighted by molar-refractivity contribution is -0.137. The van der Waals surface area contributed by atoms with Crippen molar-refractivity contribution in [1.29, 1.82) is 0 Å². The van der Waals surface area contributed by atoms with E-state index in [0.717, 1.165) is 32.1 Å². The molecule has 3 rings (SSSR count). The number of carbonyl (C=O) groups is 1. The van der Waals surface area contributed by atoms with Gasteiger partial charge in [-0.05, 0) is 50.0 Å². The van der Waals surface area contributed by atoms with Gasteiger partial charge < -0.3 is 14.9 Å². The number of carboxylic acid groups (broad SMARTS) is 1. The summed E-state index contributed by atoms with van der Waals surface area (Å²) in [5, 5.41) is 19.5. The molecule has 0 saturated carbocycles. The van der Waals surface area contributed by atoms with Crippen molar-refractivity contribution in [2.24, 2.45) is 11.8 Å². The molecule has 0 aliphatic carbocycles. The summed E-state index contributed by atoms with van der Waals surface area (Å²) in [6.07, 6.45) is 14.4. The Kier molecular flexibility index (Phi) is 8.08. The molecule has 1 aromatic rings. The first kappa shape index (κ1) is 21.8. The van der Waals surface area contributed by atoms with Gasteiger partial charge in [-0.3, -0.25) is 4.79 Å². The second kappa shape index (κ2) is 10.7. The van der Waals surface area contributed by atoms with Crippen LogP contribution in [-0.2, 0) is 9.53 Å². The Hall–Kier alpha value is -1.91. The number of fused-ring (bicyclic) bond motifs is 2. The Morgan fingerprint density at radius 3 is 2.69 bits per heavy atom. The summed E-state index contributed by atoms with van der Waals surface area (Å²) in [4.78, 5) is 10.6. The molecule has 0 spiro atoms. The fraction of sp³-hybridized carbons (Fsp3) is 0.560. The van der Waals surface area contributed by atoms with Crippen molar-refractivity contribution in [2.75, 3.05) is 0 Å². The Balaban J connectivity index is 1.57. The highest BCUT2D eigenvalue weighted by molar-refractivity contribution is 5.66. The predicted octanol–water partition coefficient (Wildman–Crippen LogP) is 5.09. The summed E-state index contributed by atoms with van der Waals surface area (Å²) in [5.74, 6) is 0.175. The second-order valence-electron chi connectivity index (χ2n) is 8.33.